The lowest BCUT2D eigenvalue weighted by molar-refractivity contribution is 0.475. The molecule has 0 bridgehead atoms. The highest BCUT2D eigenvalue weighted by Gasteiger charge is 2.00. The minimum Gasteiger partial charge on any atom is -0.508 e. The van der Waals surface area contributed by atoms with Crippen LogP contribution in [-0.2, 0) is 6.42 Å². The fraction of sp³-hybridized carbons (Fsp3) is 0.400. The van der Waals surface area contributed by atoms with E-state index < -0.39 is 0 Å². The maximum Gasteiger partial charge on any atom is 0.115 e. The van der Waals surface area contributed by atoms with Crippen molar-refractivity contribution in [2.45, 2.75) is 13.3 Å². The fourth-order valence-corrected chi connectivity index (χ4v) is 1.23. The van der Waals surface area contributed by atoms with E-state index in [9.17, 15) is 0 Å². The Hall–Kier alpha value is -0.630. The third kappa shape index (κ3) is 2.78. The molecule has 1 nitrogen and oxygen atoms in total. The van der Waals surface area contributed by atoms with Crippen LogP contribution < -0.4 is 0 Å². The van der Waals surface area contributed by atoms with Gasteiger partial charge in [-0.05, 0) is 35.8 Å². The molecule has 0 aliphatic heterocycles. The van der Waals surface area contributed by atoms with Gasteiger partial charge in [-0.2, -0.15) is 12.6 Å². The highest BCUT2D eigenvalue weighted by atomic mass is 32.1. The zero-order valence-electron chi connectivity index (χ0n) is 7.20. The lowest BCUT2D eigenvalue weighted by Crippen LogP contribution is -2.00. The molecule has 66 valence electrons. The Labute approximate surface area is 78.8 Å². The van der Waals surface area contributed by atoms with Crippen LogP contribution in [-0.4, -0.2) is 10.9 Å². The molecular weight excluding hydrogens is 168 g/mol. The Morgan fingerprint density at radius 3 is 2.42 bits per heavy atom. The molecule has 0 aromatic heterocycles. The van der Waals surface area contributed by atoms with Crippen LogP contribution in [0.3, 0.4) is 0 Å². The second kappa shape index (κ2) is 4.41. The predicted octanol–water partition coefficient (Wildman–Crippen LogP) is 2.50. The summed E-state index contributed by atoms with van der Waals surface area (Å²) in [5.74, 6) is 1.83. The number of hydrogen-bond donors (Lipinski definition) is 2. The van der Waals surface area contributed by atoms with E-state index >= 15 is 0 Å². The molecule has 12 heavy (non-hydrogen) atoms. The summed E-state index contributed by atoms with van der Waals surface area (Å²) in [6, 6.07) is 7.35. The first-order chi connectivity index (χ1) is 5.72. The van der Waals surface area contributed by atoms with Crippen LogP contribution >= 0.6 is 12.6 Å². The third-order valence-electron chi connectivity index (χ3n) is 1.83. The smallest absolute Gasteiger partial charge is 0.115 e. The maximum atomic E-state index is 9.03. The van der Waals surface area contributed by atoms with Crippen molar-refractivity contribution < 1.29 is 5.11 Å². The van der Waals surface area contributed by atoms with Gasteiger partial charge in [0.15, 0.2) is 0 Å². The Morgan fingerprint density at radius 2 is 1.92 bits per heavy atom. The molecule has 0 saturated carbocycles. The normalized spacial score (nSPS) is 12.8. The molecule has 0 aliphatic rings. The molecule has 0 radical (unpaired) electrons. The van der Waals surface area contributed by atoms with Crippen LogP contribution in [0.25, 0.3) is 0 Å². The van der Waals surface area contributed by atoms with E-state index in [0.29, 0.717) is 11.7 Å². The van der Waals surface area contributed by atoms with Crippen molar-refractivity contribution in [3.8, 4) is 5.75 Å². The molecule has 0 amide bonds. The van der Waals surface area contributed by atoms with Crippen LogP contribution in [0.15, 0.2) is 24.3 Å². The maximum absolute atomic E-state index is 9.03. The zero-order valence-corrected chi connectivity index (χ0v) is 8.09. The fourth-order valence-electron chi connectivity index (χ4n) is 1.10. The summed E-state index contributed by atoms with van der Waals surface area (Å²) in [7, 11) is 0. The van der Waals surface area contributed by atoms with Gasteiger partial charge >= 0.3 is 0 Å². The molecule has 0 spiro atoms. The topological polar surface area (TPSA) is 20.2 Å². The molecule has 0 aliphatic carbocycles. The van der Waals surface area contributed by atoms with E-state index in [4.69, 9.17) is 5.11 Å². The van der Waals surface area contributed by atoms with Gasteiger partial charge in [0.2, 0.25) is 0 Å². The monoisotopic (exact) mass is 182 g/mol. The quantitative estimate of drug-likeness (QED) is 0.688. The molecule has 1 N–H and O–H groups in total. The van der Waals surface area contributed by atoms with Crippen molar-refractivity contribution >= 4 is 12.6 Å². The molecule has 2 heteroatoms. The number of thiol groups is 1. The first-order valence-electron chi connectivity index (χ1n) is 4.11. The number of phenols is 1. The molecule has 0 saturated heterocycles. The molecule has 1 aromatic carbocycles. The summed E-state index contributed by atoms with van der Waals surface area (Å²) in [5.41, 5.74) is 1.26. The summed E-state index contributed by atoms with van der Waals surface area (Å²) in [6.45, 7) is 2.17. The number of phenolic OH excluding ortho intramolecular Hbond substituents is 1. The predicted molar refractivity (Wildman–Crippen MR) is 54.8 cm³/mol. The number of hydrogen-bond acceptors (Lipinski definition) is 2. The van der Waals surface area contributed by atoms with E-state index in [2.05, 4.69) is 19.6 Å². The molecular formula is C10H14OS. The standard InChI is InChI=1S/C10H14OS/c1-8(7-12)6-9-2-4-10(11)5-3-9/h2-5,8,11-12H,6-7H2,1H3. The van der Waals surface area contributed by atoms with Crippen molar-refractivity contribution in [2.75, 3.05) is 5.75 Å². The number of benzene rings is 1. The number of rotatable bonds is 3. The van der Waals surface area contributed by atoms with Gasteiger partial charge in [0, 0.05) is 0 Å². The average Bonchev–Trinajstić information content (AvgIpc) is 2.09. The Balaban J connectivity index is 2.58. The first kappa shape index (κ1) is 9.46. The SMILES string of the molecule is CC(CS)Cc1ccc(O)cc1. The number of aromatic hydroxyl groups is 1. The van der Waals surface area contributed by atoms with Crippen LogP contribution in [0.4, 0.5) is 0 Å². The van der Waals surface area contributed by atoms with Crippen molar-refractivity contribution in [3.05, 3.63) is 29.8 Å². The first-order valence-corrected chi connectivity index (χ1v) is 4.74. The van der Waals surface area contributed by atoms with Gasteiger partial charge in [-0.25, -0.2) is 0 Å². The Bertz CT molecular complexity index is 230. The van der Waals surface area contributed by atoms with E-state index in [1.54, 1.807) is 12.1 Å². The average molecular weight is 182 g/mol. The van der Waals surface area contributed by atoms with E-state index in [1.807, 2.05) is 12.1 Å². The molecule has 1 aromatic rings. The lowest BCUT2D eigenvalue weighted by atomic mass is 10.0. The summed E-state index contributed by atoms with van der Waals surface area (Å²) < 4.78 is 0. The second-order valence-corrected chi connectivity index (χ2v) is 3.52. The van der Waals surface area contributed by atoms with Gasteiger partial charge in [-0.1, -0.05) is 19.1 Å². The minimum atomic E-state index is 0.331. The van der Waals surface area contributed by atoms with Gasteiger partial charge in [0.05, 0.1) is 0 Å². The van der Waals surface area contributed by atoms with Crippen molar-refractivity contribution in [1.29, 1.82) is 0 Å². The van der Waals surface area contributed by atoms with Crippen molar-refractivity contribution in [2.24, 2.45) is 5.92 Å². The molecule has 1 rings (SSSR count). The van der Waals surface area contributed by atoms with Gasteiger partial charge in [-0.15, -0.1) is 0 Å². The molecule has 0 heterocycles. The van der Waals surface area contributed by atoms with E-state index in [1.165, 1.54) is 5.56 Å². The summed E-state index contributed by atoms with van der Waals surface area (Å²) in [5, 5.41) is 9.03. The summed E-state index contributed by atoms with van der Waals surface area (Å²) in [4.78, 5) is 0. The van der Waals surface area contributed by atoms with Crippen molar-refractivity contribution in [1.82, 2.24) is 0 Å². The molecule has 0 fully saturated rings. The third-order valence-corrected chi connectivity index (χ3v) is 2.46. The van der Waals surface area contributed by atoms with Gasteiger partial charge in [-0.3, -0.25) is 0 Å². The Morgan fingerprint density at radius 1 is 1.33 bits per heavy atom. The zero-order chi connectivity index (χ0) is 8.97. The summed E-state index contributed by atoms with van der Waals surface area (Å²) >= 11 is 4.22. The lowest BCUT2D eigenvalue weighted by Gasteiger charge is -2.07. The van der Waals surface area contributed by atoms with E-state index in [-0.39, 0.29) is 0 Å². The van der Waals surface area contributed by atoms with Crippen LogP contribution in [0.1, 0.15) is 12.5 Å². The van der Waals surface area contributed by atoms with Crippen LogP contribution in [0.5, 0.6) is 5.75 Å². The van der Waals surface area contributed by atoms with Crippen LogP contribution in [0.2, 0.25) is 0 Å². The molecule has 1 unspecified atom stereocenters. The van der Waals surface area contributed by atoms with Crippen LogP contribution in [0, 0.1) is 5.92 Å². The van der Waals surface area contributed by atoms with Gasteiger partial charge < -0.3 is 5.11 Å². The highest BCUT2D eigenvalue weighted by Crippen LogP contribution is 2.13. The summed E-state index contributed by atoms with van der Waals surface area (Å²) in [6.07, 6.45) is 1.03. The Kier molecular flexibility index (Phi) is 3.48. The second-order valence-electron chi connectivity index (χ2n) is 3.16. The van der Waals surface area contributed by atoms with Crippen molar-refractivity contribution in [3.63, 3.8) is 0 Å². The van der Waals surface area contributed by atoms with Gasteiger partial charge in [0.25, 0.3) is 0 Å². The van der Waals surface area contributed by atoms with Gasteiger partial charge in [0.1, 0.15) is 5.75 Å². The van der Waals surface area contributed by atoms with E-state index in [0.717, 1.165) is 12.2 Å². The minimum absolute atomic E-state index is 0.331. The molecule has 1 atom stereocenters. The largest absolute Gasteiger partial charge is 0.508 e. The highest BCUT2D eigenvalue weighted by molar-refractivity contribution is 7.80.